The van der Waals surface area contributed by atoms with E-state index in [1.54, 1.807) is 35.0 Å². The van der Waals surface area contributed by atoms with Gasteiger partial charge in [-0.1, -0.05) is 23.7 Å². The molecule has 2 aliphatic heterocycles. The van der Waals surface area contributed by atoms with Gasteiger partial charge in [-0.2, -0.15) is 13.9 Å². The Kier molecular flexibility index (Phi) is 6.59. The quantitative estimate of drug-likeness (QED) is 0.487. The van der Waals surface area contributed by atoms with Crippen molar-refractivity contribution in [3.8, 4) is 0 Å². The lowest BCUT2D eigenvalue weighted by atomic mass is 9.94. The van der Waals surface area contributed by atoms with E-state index in [0.717, 1.165) is 34.5 Å². The summed E-state index contributed by atoms with van der Waals surface area (Å²) in [5.41, 5.74) is 3.18. The summed E-state index contributed by atoms with van der Waals surface area (Å²) in [4.78, 5) is 9.28. The number of nitrogens with zero attached hydrogens (tertiary/aromatic N) is 5. The standard InChI is InChI=1S/C23H24BBrN6O2S/c24-18-5-1-2-6-21(18)34(32,33)30-10-7-17(8-11-30)20-12-22(27-14-16-4-3-9-26-13-16)31-23(29-20)19(25)15-28-31/h1-2,5-6,9,12-13,15,17,27H,3-4,7-8,10-11,14H2. The van der Waals surface area contributed by atoms with Gasteiger partial charge >= 0.3 is 0 Å². The molecular formula is C23H24BBrN6O2S. The van der Waals surface area contributed by atoms with Crippen LogP contribution >= 0.6 is 15.9 Å². The molecule has 5 rings (SSSR count). The molecule has 1 N–H and O–H groups in total. The lowest BCUT2D eigenvalue weighted by Crippen LogP contribution is -2.39. The molecule has 174 valence electrons. The Labute approximate surface area is 208 Å². The molecule has 0 amide bonds. The van der Waals surface area contributed by atoms with Crippen molar-refractivity contribution in [3.05, 3.63) is 58.5 Å². The minimum Gasteiger partial charge on any atom is -0.366 e. The first-order chi connectivity index (χ1) is 16.4. The first kappa shape index (κ1) is 23.3. The molecule has 11 heteroatoms. The van der Waals surface area contributed by atoms with E-state index in [1.807, 2.05) is 18.5 Å². The van der Waals surface area contributed by atoms with Crippen molar-refractivity contribution in [2.75, 3.05) is 25.0 Å². The van der Waals surface area contributed by atoms with Gasteiger partial charge in [0, 0.05) is 49.7 Å². The number of aromatic nitrogens is 3. The van der Waals surface area contributed by atoms with Gasteiger partial charge in [0.2, 0.25) is 10.0 Å². The zero-order valence-corrected chi connectivity index (χ0v) is 21.0. The van der Waals surface area contributed by atoms with E-state index in [2.05, 4.69) is 31.3 Å². The summed E-state index contributed by atoms with van der Waals surface area (Å²) in [5.74, 6) is 0.999. The molecule has 0 saturated carbocycles. The fraction of sp³-hybridized carbons (Fsp3) is 0.348. The van der Waals surface area contributed by atoms with E-state index >= 15 is 0 Å². The lowest BCUT2D eigenvalue weighted by Gasteiger charge is -2.31. The second kappa shape index (κ2) is 9.63. The summed E-state index contributed by atoms with van der Waals surface area (Å²) >= 11 is 3.55. The molecule has 0 spiro atoms. The first-order valence-electron chi connectivity index (χ1n) is 11.3. The van der Waals surface area contributed by atoms with Gasteiger partial charge in [0.25, 0.3) is 0 Å². The van der Waals surface area contributed by atoms with Gasteiger partial charge in [0.05, 0.1) is 15.6 Å². The van der Waals surface area contributed by atoms with Crippen LogP contribution < -0.4 is 10.8 Å². The molecular weight excluding hydrogens is 515 g/mol. The maximum absolute atomic E-state index is 13.1. The number of benzene rings is 1. The van der Waals surface area contributed by atoms with Gasteiger partial charge in [0.15, 0.2) is 5.65 Å². The molecule has 2 radical (unpaired) electrons. The molecule has 3 aromatic rings. The topological polar surface area (TPSA) is 92.0 Å². The average molecular weight is 539 g/mol. The van der Waals surface area contributed by atoms with E-state index in [-0.39, 0.29) is 16.3 Å². The normalized spacial score (nSPS) is 17.7. The number of hydrogen-bond donors (Lipinski definition) is 1. The van der Waals surface area contributed by atoms with Crippen molar-refractivity contribution in [1.29, 1.82) is 0 Å². The van der Waals surface area contributed by atoms with Crippen molar-refractivity contribution < 1.29 is 8.42 Å². The van der Waals surface area contributed by atoms with Crippen LogP contribution in [0.3, 0.4) is 0 Å². The maximum atomic E-state index is 13.1. The summed E-state index contributed by atoms with van der Waals surface area (Å²) in [5, 5.41) is 7.94. The molecule has 1 aromatic carbocycles. The third-order valence-corrected chi connectivity index (χ3v) is 8.84. The molecule has 1 fully saturated rings. The number of nitrogens with one attached hydrogen (secondary N) is 1. The maximum Gasteiger partial charge on any atom is 0.242 e. The van der Waals surface area contributed by atoms with Crippen LogP contribution in [0.1, 0.15) is 37.3 Å². The Morgan fingerprint density at radius 3 is 2.74 bits per heavy atom. The Hall–Kier alpha value is -2.50. The number of anilines is 1. The molecule has 4 heterocycles. The highest BCUT2D eigenvalue weighted by Crippen LogP contribution is 2.32. The minimum absolute atomic E-state index is 0.144. The average Bonchev–Trinajstić information content (AvgIpc) is 3.24. The Balaban J connectivity index is 1.36. The Bertz CT molecular complexity index is 1380. The molecule has 0 atom stereocenters. The molecule has 34 heavy (non-hydrogen) atoms. The fourth-order valence-electron chi connectivity index (χ4n) is 4.42. The zero-order chi connectivity index (χ0) is 23.7. The van der Waals surface area contributed by atoms with E-state index in [1.165, 1.54) is 9.88 Å². The number of aliphatic imine (C=N–C) groups is 1. The minimum atomic E-state index is -3.62. The molecule has 0 bridgehead atoms. The number of halogens is 1. The van der Waals surface area contributed by atoms with Crippen molar-refractivity contribution in [3.63, 3.8) is 0 Å². The molecule has 8 nitrogen and oxygen atoms in total. The highest BCUT2D eigenvalue weighted by molar-refractivity contribution is 9.10. The van der Waals surface area contributed by atoms with Crippen molar-refractivity contribution in [2.45, 2.75) is 36.5 Å². The van der Waals surface area contributed by atoms with E-state index < -0.39 is 10.0 Å². The van der Waals surface area contributed by atoms with Crippen LogP contribution in [0.5, 0.6) is 0 Å². The van der Waals surface area contributed by atoms with Crippen molar-refractivity contribution >= 4 is 56.9 Å². The summed E-state index contributed by atoms with van der Waals surface area (Å²) in [6.45, 7) is 1.52. The number of sulfonamides is 1. The van der Waals surface area contributed by atoms with Crippen LogP contribution in [0.15, 0.2) is 62.7 Å². The van der Waals surface area contributed by atoms with Crippen LogP contribution in [0.4, 0.5) is 5.82 Å². The fourth-order valence-corrected chi connectivity index (χ4v) is 6.36. The van der Waals surface area contributed by atoms with Crippen molar-refractivity contribution in [2.24, 2.45) is 4.99 Å². The van der Waals surface area contributed by atoms with Crippen molar-refractivity contribution in [1.82, 2.24) is 18.9 Å². The van der Waals surface area contributed by atoms with Crippen LogP contribution in [-0.2, 0) is 10.0 Å². The van der Waals surface area contributed by atoms with E-state index in [4.69, 9.17) is 12.8 Å². The number of rotatable bonds is 6. The monoisotopic (exact) mass is 538 g/mol. The number of piperidine rings is 1. The Morgan fingerprint density at radius 1 is 1.21 bits per heavy atom. The van der Waals surface area contributed by atoms with Crippen LogP contribution in [0, 0.1) is 0 Å². The predicted molar refractivity (Wildman–Crippen MR) is 138 cm³/mol. The van der Waals surface area contributed by atoms with Gasteiger partial charge in [-0.05, 0) is 53.3 Å². The van der Waals surface area contributed by atoms with Crippen LogP contribution in [-0.4, -0.2) is 61.0 Å². The SMILES string of the molecule is [B]c1ccccc1S(=O)(=O)N1CCC(c2cc(NCC3=CN=CCC3)n3ncc(Br)c3n2)CC1. The Morgan fingerprint density at radius 2 is 2.00 bits per heavy atom. The highest BCUT2D eigenvalue weighted by Gasteiger charge is 2.31. The molecule has 2 aliphatic rings. The smallest absolute Gasteiger partial charge is 0.242 e. The van der Waals surface area contributed by atoms with E-state index in [9.17, 15) is 8.42 Å². The number of hydrogen-bond acceptors (Lipinski definition) is 6. The summed E-state index contributed by atoms with van der Waals surface area (Å²) in [6.07, 6.45) is 8.87. The van der Waals surface area contributed by atoms with Crippen LogP contribution in [0.2, 0.25) is 0 Å². The molecule has 0 unspecified atom stereocenters. The summed E-state index contributed by atoms with van der Waals surface area (Å²) < 4.78 is 30.4. The predicted octanol–water partition coefficient (Wildman–Crippen LogP) is 3.01. The zero-order valence-electron chi connectivity index (χ0n) is 18.6. The van der Waals surface area contributed by atoms with Gasteiger partial charge in [-0.15, -0.1) is 0 Å². The lowest BCUT2D eigenvalue weighted by molar-refractivity contribution is 0.317. The third kappa shape index (κ3) is 4.56. The first-order valence-corrected chi connectivity index (χ1v) is 13.5. The van der Waals surface area contributed by atoms with Gasteiger partial charge in [-0.25, -0.2) is 13.4 Å². The second-order valence-electron chi connectivity index (χ2n) is 8.52. The number of fused-ring (bicyclic) bond motifs is 1. The van der Waals surface area contributed by atoms with Gasteiger partial charge in [-0.3, -0.25) is 4.99 Å². The summed E-state index contributed by atoms with van der Waals surface area (Å²) in [6, 6.07) is 8.65. The van der Waals surface area contributed by atoms with E-state index in [0.29, 0.717) is 32.5 Å². The highest BCUT2D eigenvalue weighted by atomic mass is 79.9. The molecule has 2 aromatic heterocycles. The second-order valence-corrected chi connectivity index (χ2v) is 11.3. The molecule has 0 aliphatic carbocycles. The summed E-state index contributed by atoms with van der Waals surface area (Å²) in [7, 11) is 2.32. The molecule has 1 saturated heterocycles. The van der Waals surface area contributed by atoms with Gasteiger partial charge < -0.3 is 5.32 Å². The largest absolute Gasteiger partial charge is 0.366 e. The van der Waals surface area contributed by atoms with Gasteiger partial charge in [0.1, 0.15) is 13.7 Å². The van der Waals surface area contributed by atoms with Crippen LogP contribution in [0.25, 0.3) is 5.65 Å². The third-order valence-electron chi connectivity index (χ3n) is 6.31.